The Morgan fingerprint density at radius 3 is 2.55 bits per heavy atom. The highest BCUT2D eigenvalue weighted by Crippen LogP contribution is 2.30. The predicted octanol–water partition coefficient (Wildman–Crippen LogP) is 2.10. The van der Waals surface area contributed by atoms with Gasteiger partial charge in [-0.25, -0.2) is 9.59 Å². The van der Waals surface area contributed by atoms with E-state index in [4.69, 9.17) is 18.9 Å². The third-order valence-electron chi connectivity index (χ3n) is 4.80. The molecule has 166 valence electrons. The Morgan fingerprint density at radius 2 is 1.81 bits per heavy atom. The molecule has 9 nitrogen and oxygen atoms in total. The predicted molar refractivity (Wildman–Crippen MR) is 111 cm³/mol. The van der Waals surface area contributed by atoms with Crippen LogP contribution in [0.2, 0.25) is 0 Å². The Kier molecular flexibility index (Phi) is 7.17. The summed E-state index contributed by atoms with van der Waals surface area (Å²) in [5.41, 5.74) is 2.33. The maximum Gasteiger partial charge on any atom is 0.355 e. The van der Waals surface area contributed by atoms with Gasteiger partial charge in [0.25, 0.3) is 5.91 Å². The Hall–Kier alpha value is -3.49. The van der Waals surface area contributed by atoms with Crippen molar-refractivity contribution in [3.8, 4) is 11.5 Å². The molecule has 9 heteroatoms. The van der Waals surface area contributed by atoms with E-state index in [9.17, 15) is 14.4 Å². The SMILES string of the molecule is CCOC(=O)c1[nH]c(C)c(C(=O)OCC(=O)NCCc2ccc3c(c2)OCCO3)c1C. The van der Waals surface area contributed by atoms with Gasteiger partial charge >= 0.3 is 11.9 Å². The molecule has 0 fully saturated rings. The molecule has 0 unspecified atom stereocenters. The van der Waals surface area contributed by atoms with E-state index in [0.717, 1.165) is 5.56 Å². The fourth-order valence-corrected chi connectivity index (χ4v) is 3.31. The minimum atomic E-state index is -0.677. The maximum absolute atomic E-state index is 12.4. The highest BCUT2D eigenvalue weighted by molar-refractivity contribution is 5.99. The first kappa shape index (κ1) is 22.2. The van der Waals surface area contributed by atoms with E-state index in [1.165, 1.54) is 0 Å². The second-order valence-electron chi connectivity index (χ2n) is 7.00. The van der Waals surface area contributed by atoms with Crippen LogP contribution in [0.3, 0.4) is 0 Å². The minimum Gasteiger partial charge on any atom is -0.486 e. The number of fused-ring (bicyclic) bond motifs is 1. The second kappa shape index (κ2) is 10.0. The molecule has 2 aromatic rings. The molecule has 0 spiro atoms. The van der Waals surface area contributed by atoms with Crippen LogP contribution in [0.15, 0.2) is 18.2 Å². The largest absolute Gasteiger partial charge is 0.486 e. The third-order valence-corrected chi connectivity index (χ3v) is 4.80. The number of H-pyrrole nitrogens is 1. The molecule has 2 heterocycles. The molecule has 0 aliphatic carbocycles. The van der Waals surface area contributed by atoms with Crippen LogP contribution in [-0.4, -0.2) is 55.8 Å². The van der Waals surface area contributed by atoms with Gasteiger partial charge in [0.2, 0.25) is 0 Å². The van der Waals surface area contributed by atoms with E-state index in [0.29, 0.717) is 48.9 Å². The molecule has 3 rings (SSSR count). The first-order chi connectivity index (χ1) is 14.9. The number of aryl methyl sites for hydroxylation is 1. The van der Waals surface area contributed by atoms with E-state index in [2.05, 4.69) is 10.3 Å². The third kappa shape index (κ3) is 5.36. The summed E-state index contributed by atoms with van der Waals surface area (Å²) in [6.07, 6.45) is 0.593. The van der Waals surface area contributed by atoms with Gasteiger partial charge in [-0.15, -0.1) is 0 Å². The van der Waals surface area contributed by atoms with Crippen LogP contribution >= 0.6 is 0 Å². The van der Waals surface area contributed by atoms with Gasteiger partial charge in [0.05, 0.1) is 12.2 Å². The highest BCUT2D eigenvalue weighted by atomic mass is 16.6. The molecule has 1 aliphatic rings. The van der Waals surface area contributed by atoms with E-state index in [1.807, 2.05) is 18.2 Å². The van der Waals surface area contributed by atoms with Crippen LogP contribution in [0.4, 0.5) is 0 Å². The molecule has 1 amide bonds. The minimum absolute atomic E-state index is 0.204. The number of hydrogen-bond donors (Lipinski definition) is 2. The van der Waals surface area contributed by atoms with Gasteiger partial charge in [0, 0.05) is 12.2 Å². The monoisotopic (exact) mass is 430 g/mol. The van der Waals surface area contributed by atoms with Crippen molar-refractivity contribution in [2.75, 3.05) is 33.0 Å². The fraction of sp³-hybridized carbons (Fsp3) is 0.409. The summed E-state index contributed by atoms with van der Waals surface area (Å²) in [5, 5.41) is 2.72. The van der Waals surface area contributed by atoms with Gasteiger partial charge in [0.15, 0.2) is 18.1 Å². The summed E-state index contributed by atoms with van der Waals surface area (Å²) in [6.45, 7) is 6.21. The molecule has 1 aliphatic heterocycles. The van der Waals surface area contributed by atoms with Crippen molar-refractivity contribution in [1.29, 1.82) is 0 Å². The lowest BCUT2D eigenvalue weighted by Gasteiger charge is -2.18. The van der Waals surface area contributed by atoms with Crippen molar-refractivity contribution in [2.24, 2.45) is 0 Å². The Bertz CT molecular complexity index is 980. The zero-order chi connectivity index (χ0) is 22.4. The van der Waals surface area contributed by atoms with Crippen LogP contribution < -0.4 is 14.8 Å². The topological polar surface area (TPSA) is 116 Å². The molecule has 0 bridgehead atoms. The molecule has 31 heavy (non-hydrogen) atoms. The average Bonchev–Trinajstić information content (AvgIpc) is 3.06. The summed E-state index contributed by atoms with van der Waals surface area (Å²) >= 11 is 0. The fourth-order valence-electron chi connectivity index (χ4n) is 3.31. The maximum atomic E-state index is 12.4. The molecule has 1 aromatic carbocycles. The summed E-state index contributed by atoms with van der Waals surface area (Å²) in [5.74, 6) is -0.221. The number of amides is 1. The Labute approximate surface area is 180 Å². The lowest BCUT2D eigenvalue weighted by Crippen LogP contribution is -2.30. The quantitative estimate of drug-likeness (QED) is 0.616. The summed E-state index contributed by atoms with van der Waals surface area (Å²) < 4.78 is 21.1. The lowest BCUT2D eigenvalue weighted by molar-refractivity contribution is -0.124. The van der Waals surface area contributed by atoms with E-state index >= 15 is 0 Å². The molecule has 1 aromatic heterocycles. The van der Waals surface area contributed by atoms with Crippen LogP contribution in [-0.2, 0) is 20.7 Å². The van der Waals surface area contributed by atoms with E-state index in [-0.39, 0.29) is 17.9 Å². The van der Waals surface area contributed by atoms with Crippen LogP contribution in [0.25, 0.3) is 0 Å². The summed E-state index contributed by atoms with van der Waals surface area (Å²) in [7, 11) is 0. The number of aromatic nitrogens is 1. The highest BCUT2D eigenvalue weighted by Gasteiger charge is 2.24. The van der Waals surface area contributed by atoms with Gasteiger partial charge in [-0.05, 0) is 50.5 Å². The summed E-state index contributed by atoms with van der Waals surface area (Å²) in [4.78, 5) is 39.3. The van der Waals surface area contributed by atoms with Crippen molar-refractivity contribution >= 4 is 17.8 Å². The number of esters is 2. The summed E-state index contributed by atoms with van der Waals surface area (Å²) in [6, 6.07) is 5.65. The number of nitrogens with one attached hydrogen (secondary N) is 2. The molecular weight excluding hydrogens is 404 g/mol. The molecule has 0 saturated carbocycles. The second-order valence-corrected chi connectivity index (χ2v) is 7.00. The van der Waals surface area contributed by atoms with Crippen molar-refractivity contribution in [3.63, 3.8) is 0 Å². The van der Waals surface area contributed by atoms with E-state index < -0.39 is 24.5 Å². The number of hydrogen-bond acceptors (Lipinski definition) is 7. The average molecular weight is 430 g/mol. The van der Waals surface area contributed by atoms with Gasteiger partial charge in [0.1, 0.15) is 18.9 Å². The Morgan fingerprint density at radius 1 is 1.06 bits per heavy atom. The number of rotatable bonds is 8. The molecule has 2 N–H and O–H groups in total. The van der Waals surface area contributed by atoms with Crippen molar-refractivity contribution < 1.29 is 33.3 Å². The van der Waals surface area contributed by atoms with Gasteiger partial charge in [-0.1, -0.05) is 6.07 Å². The lowest BCUT2D eigenvalue weighted by atomic mass is 10.1. The number of benzene rings is 1. The van der Waals surface area contributed by atoms with Crippen LogP contribution in [0.1, 0.15) is 44.6 Å². The molecular formula is C22H26N2O7. The number of aromatic amines is 1. The van der Waals surface area contributed by atoms with Crippen LogP contribution in [0.5, 0.6) is 11.5 Å². The first-order valence-corrected chi connectivity index (χ1v) is 10.1. The zero-order valence-corrected chi connectivity index (χ0v) is 17.8. The van der Waals surface area contributed by atoms with Gasteiger partial charge in [-0.2, -0.15) is 0 Å². The number of ether oxygens (including phenoxy) is 4. The van der Waals surface area contributed by atoms with E-state index in [1.54, 1.807) is 20.8 Å². The van der Waals surface area contributed by atoms with Crippen molar-refractivity contribution in [3.05, 3.63) is 46.3 Å². The Balaban J connectivity index is 1.47. The van der Waals surface area contributed by atoms with Crippen molar-refractivity contribution in [2.45, 2.75) is 27.2 Å². The van der Waals surface area contributed by atoms with Crippen LogP contribution in [0, 0.1) is 13.8 Å². The molecule has 0 saturated heterocycles. The standard InChI is InChI=1S/C22H26N2O7/c1-4-28-22(27)20-13(2)19(14(3)24-20)21(26)31-12-18(25)23-8-7-15-5-6-16-17(11-15)30-10-9-29-16/h5-6,11,24H,4,7-10,12H2,1-3H3,(H,23,25). The first-order valence-electron chi connectivity index (χ1n) is 10.1. The van der Waals surface area contributed by atoms with Gasteiger partial charge in [-0.3, -0.25) is 4.79 Å². The smallest absolute Gasteiger partial charge is 0.355 e. The zero-order valence-electron chi connectivity index (χ0n) is 17.8. The van der Waals surface area contributed by atoms with Crippen molar-refractivity contribution in [1.82, 2.24) is 10.3 Å². The molecule has 0 radical (unpaired) electrons. The number of carbonyl (C=O) groups is 3. The normalized spacial score (nSPS) is 12.2. The molecule has 0 atom stereocenters. The van der Waals surface area contributed by atoms with Gasteiger partial charge < -0.3 is 29.2 Å². The number of carbonyl (C=O) groups excluding carboxylic acids is 3.